The minimum atomic E-state index is 0.220. The quantitative estimate of drug-likeness (QED) is 0.842. The molecule has 2 saturated heterocycles. The number of aryl methyl sites for hydroxylation is 1. The molecule has 4 rings (SSSR count). The van der Waals surface area contributed by atoms with E-state index in [0.717, 1.165) is 32.5 Å². The van der Waals surface area contributed by atoms with Crippen LogP contribution in [0.2, 0.25) is 0 Å². The number of hydrogen-bond donors (Lipinski definition) is 0. The van der Waals surface area contributed by atoms with Crippen molar-refractivity contribution in [3.63, 3.8) is 0 Å². The fraction of sp³-hybridized carbons (Fsp3) is 0.714. The second-order valence-electron chi connectivity index (χ2n) is 8.79. The lowest BCUT2D eigenvalue weighted by Gasteiger charge is -2.64. The Labute approximate surface area is 151 Å². The third-order valence-corrected chi connectivity index (χ3v) is 6.89. The number of carbonyl (C=O) groups excluding carboxylic acids is 1. The van der Waals surface area contributed by atoms with Crippen LogP contribution in [0.5, 0.6) is 0 Å². The van der Waals surface area contributed by atoms with Gasteiger partial charge in [0.25, 0.3) is 0 Å². The van der Waals surface area contributed by atoms with Crippen LogP contribution in [0.4, 0.5) is 5.69 Å². The molecule has 0 N–H and O–H groups in total. The Morgan fingerprint density at radius 3 is 2.56 bits per heavy atom. The topological polar surface area (TPSA) is 36.4 Å². The van der Waals surface area contributed by atoms with Gasteiger partial charge in [-0.15, -0.1) is 0 Å². The average molecular weight is 341 g/mol. The zero-order chi connectivity index (χ0) is 17.6. The van der Waals surface area contributed by atoms with Crippen LogP contribution in [-0.4, -0.2) is 41.5 Å². The van der Waals surface area contributed by atoms with Gasteiger partial charge in [0.15, 0.2) is 0 Å². The van der Waals surface area contributed by atoms with Crippen molar-refractivity contribution in [2.24, 2.45) is 17.3 Å². The van der Waals surface area contributed by atoms with Gasteiger partial charge in [0.05, 0.1) is 0 Å². The Bertz CT molecular complexity index is 644. The highest BCUT2D eigenvalue weighted by molar-refractivity contribution is 5.81. The second-order valence-corrected chi connectivity index (χ2v) is 8.79. The van der Waals surface area contributed by atoms with Crippen molar-refractivity contribution in [2.75, 3.05) is 24.5 Å². The molecule has 1 amide bonds. The van der Waals surface area contributed by atoms with Crippen LogP contribution in [0, 0.1) is 24.2 Å². The van der Waals surface area contributed by atoms with E-state index >= 15 is 0 Å². The minimum absolute atomic E-state index is 0.220. The molecule has 3 aliphatic rings. The monoisotopic (exact) mass is 341 g/mol. The molecule has 1 aromatic heterocycles. The highest BCUT2D eigenvalue weighted by atomic mass is 16.2. The molecule has 4 heteroatoms. The minimum Gasteiger partial charge on any atom is -0.371 e. The number of hydrogen-bond acceptors (Lipinski definition) is 3. The number of rotatable bonds is 3. The summed E-state index contributed by atoms with van der Waals surface area (Å²) >= 11 is 0. The first-order chi connectivity index (χ1) is 12.0. The number of amides is 1. The van der Waals surface area contributed by atoms with Crippen LogP contribution in [0.15, 0.2) is 18.5 Å². The van der Waals surface area contributed by atoms with E-state index in [9.17, 15) is 4.79 Å². The third kappa shape index (κ3) is 2.74. The smallest absolute Gasteiger partial charge is 0.226 e. The second kappa shape index (κ2) is 6.30. The molecule has 4 nitrogen and oxygen atoms in total. The van der Waals surface area contributed by atoms with Crippen molar-refractivity contribution in [3.8, 4) is 0 Å². The lowest BCUT2D eigenvalue weighted by Crippen LogP contribution is -2.71. The number of pyridine rings is 1. The van der Waals surface area contributed by atoms with Crippen molar-refractivity contribution in [1.29, 1.82) is 0 Å². The number of aromatic nitrogens is 1. The summed E-state index contributed by atoms with van der Waals surface area (Å²) < 4.78 is 0. The van der Waals surface area contributed by atoms with Crippen LogP contribution in [-0.2, 0) is 4.79 Å². The van der Waals surface area contributed by atoms with Crippen molar-refractivity contribution < 1.29 is 4.79 Å². The molecule has 1 saturated carbocycles. The molecule has 3 fully saturated rings. The molecular weight excluding hydrogens is 310 g/mol. The first-order valence-electron chi connectivity index (χ1n) is 9.98. The van der Waals surface area contributed by atoms with E-state index in [0.29, 0.717) is 23.3 Å². The Hall–Kier alpha value is -1.58. The molecule has 1 atom stereocenters. The predicted molar refractivity (Wildman–Crippen MR) is 101 cm³/mol. The lowest BCUT2D eigenvalue weighted by molar-refractivity contribution is -0.179. The van der Waals surface area contributed by atoms with Crippen LogP contribution in [0.25, 0.3) is 0 Å². The molecule has 25 heavy (non-hydrogen) atoms. The Morgan fingerprint density at radius 2 is 2.00 bits per heavy atom. The van der Waals surface area contributed by atoms with E-state index in [-0.39, 0.29) is 5.92 Å². The fourth-order valence-corrected chi connectivity index (χ4v) is 5.54. The maximum absolute atomic E-state index is 13.1. The molecule has 1 aromatic rings. The van der Waals surface area contributed by atoms with Gasteiger partial charge < -0.3 is 9.80 Å². The van der Waals surface area contributed by atoms with Gasteiger partial charge in [-0.05, 0) is 50.2 Å². The van der Waals surface area contributed by atoms with E-state index in [1.54, 1.807) is 0 Å². The molecule has 1 spiro atoms. The Balaban J connectivity index is 1.38. The Kier molecular flexibility index (Phi) is 4.25. The van der Waals surface area contributed by atoms with Crippen LogP contribution < -0.4 is 4.90 Å². The summed E-state index contributed by atoms with van der Waals surface area (Å²) in [6.45, 7) is 9.68. The van der Waals surface area contributed by atoms with Gasteiger partial charge in [-0.2, -0.15) is 0 Å². The molecule has 2 aliphatic heterocycles. The number of nitrogens with zero attached hydrogens (tertiary/aromatic N) is 3. The number of anilines is 1. The largest absolute Gasteiger partial charge is 0.371 e. The maximum Gasteiger partial charge on any atom is 0.226 e. The van der Waals surface area contributed by atoms with Gasteiger partial charge >= 0.3 is 0 Å². The molecule has 3 heterocycles. The van der Waals surface area contributed by atoms with Crippen molar-refractivity contribution in [3.05, 3.63) is 24.0 Å². The fourth-order valence-electron chi connectivity index (χ4n) is 5.54. The normalized spacial score (nSPS) is 25.8. The van der Waals surface area contributed by atoms with E-state index in [1.807, 2.05) is 12.4 Å². The first kappa shape index (κ1) is 16.9. The maximum atomic E-state index is 13.1. The van der Waals surface area contributed by atoms with Crippen LogP contribution in [0.1, 0.15) is 51.5 Å². The Morgan fingerprint density at radius 1 is 1.28 bits per heavy atom. The molecule has 136 valence electrons. The zero-order valence-electron chi connectivity index (χ0n) is 15.9. The van der Waals surface area contributed by atoms with Gasteiger partial charge in [0.1, 0.15) is 0 Å². The number of carbonyl (C=O) groups is 1. The van der Waals surface area contributed by atoms with Gasteiger partial charge in [-0.25, -0.2) is 0 Å². The molecule has 0 aromatic carbocycles. The lowest BCUT2D eigenvalue weighted by atomic mass is 9.55. The van der Waals surface area contributed by atoms with Gasteiger partial charge in [0.2, 0.25) is 5.91 Å². The highest BCUT2D eigenvalue weighted by Gasteiger charge is 2.58. The van der Waals surface area contributed by atoms with Crippen molar-refractivity contribution in [1.82, 2.24) is 9.88 Å². The molecule has 1 unspecified atom stereocenters. The van der Waals surface area contributed by atoms with Crippen LogP contribution in [0.3, 0.4) is 0 Å². The van der Waals surface area contributed by atoms with Gasteiger partial charge in [-0.3, -0.25) is 9.78 Å². The van der Waals surface area contributed by atoms with Crippen LogP contribution >= 0.6 is 0 Å². The summed E-state index contributed by atoms with van der Waals surface area (Å²) in [6.07, 6.45) is 9.78. The standard InChI is InChI=1S/C21H31N3O/c1-15(2)19-21(8-4-9-21)14-24(19)20(25)17-6-11-23(12-7-17)18-5-10-22-13-16(18)3/h5,10,13,15,17,19H,4,6-9,11-12,14H2,1-3H3. The van der Waals surface area contributed by atoms with Gasteiger partial charge in [-0.1, -0.05) is 20.3 Å². The summed E-state index contributed by atoms with van der Waals surface area (Å²) in [4.78, 5) is 22.0. The summed E-state index contributed by atoms with van der Waals surface area (Å²) in [5, 5.41) is 0. The molecule has 0 bridgehead atoms. The van der Waals surface area contributed by atoms with E-state index in [4.69, 9.17) is 0 Å². The molecule has 1 aliphatic carbocycles. The predicted octanol–water partition coefficient (Wildman–Crippen LogP) is 3.64. The average Bonchev–Trinajstić information content (AvgIpc) is 2.52. The third-order valence-electron chi connectivity index (χ3n) is 6.89. The van der Waals surface area contributed by atoms with Crippen molar-refractivity contribution >= 4 is 11.6 Å². The number of piperidine rings is 1. The summed E-state index contributed by atoms with van der Waals surface area (Å²) in [5.41, 5.74) is 2.98. The molecular formula is C21H31N3O. The van der Waals surface area contributed by atoms with Crippen molar-refractivity contribution in [2.45, 2.75) is 58.9 Å². The molecule has 0 radical (unpaired) electrons. The van der Waals surface area contributed by atoms with E-state index in [2.05, 4.69) is 41.6 Å². The SMILES string of the molecule is Cc1cnccc1N1CCC(C(=O)N2CC3(CCC3)C2C(C)C)CC1. The van der Waals surface area contributed by atoms with E-state index < -0.39 is 0 Å². The highest BCUT2D eigenvalue weighted by Crippen LogP contribution is 2.55. The summed E-state index contributed by atoms with van der Waals surface area (Å²) in [5.74, 6) is 1.23. The summed E-state index contributed by atoms with van der Waals surface area (Å²) in [7, 11) is 0. The van der Waals surface area contributed by atoms with E-state index in [1.165, 1.54) is 30.5 Å². The zero-order valence-corrected chi connectivity index (χ0v) is 15.9. The summed E-state index contributed by atoms with van der Waals surface area (Å²) in [6, 6.07) is 2.59. The first-order valence-corrected chi connectivity index (χ1v) is 9.98. The number of likely N-dealkylation sites (tertiary alicyclic amines) is 1. The van der Waals surface area contributed by atoms with Gasteiger partial charge in [0, 0.05) is 55.1 Å².